The zero-order valence-corrected chi connectivity index (χ0v) is 9.69. The van der Waals surface area contributed by atoms with Crippen LogP contribution in [0.1, 0.15) is 38.5 Å². The van der Waals surface area contributed by atoms with Crippen LogP contribution in [0.15, 0.2) is 0 Å². The Morgan fingerprint density at radius 1 is 1.18 bits per heavy atom. The van der Waals surface area contributed by atoms with Crippen LogP contribution in [0.4, 0.5) is 13.2 Å². The second-order valence-corrected chi connectivity index (χ2v) is 5.33. The van der Waals surface area contributed by atoms with E-state index in [1.165, 1.54) is 12.8 Å². The largest absolute Gasteiger partial charge is 0.391 e. The van der Waals surface area contributed by atoms with E-state index in [0.29, 0.717) is 18.8 Å². The summed E-state index contributed by atoms with van der Waals surface area (Å²) in [7, 11) is 0. The van der Waals surface area contributed by atoms with Crippen molar-refractivity contribution < 1.29 is 13.2 Å². The number of halogens is 3. The summed E-state index contributed by atoms with van der Waals surface area (Å²) < 4.78 is 37.6. The summed E-state index contributed by atoms with van der Waals surface area (Å²) in [5, 5.41) is 12.4. The number of rotatable bonds is 3. The van der Waals surface area contributed by atoms with Gasteiger partial charge in [0, 0.05) is 0 Å². The third-order valence-corrected chi connectivity index (χ3v) is 3.94. The fourth-order valence-electron chi connectivity index (χ4n) is 2.43. The van der Waals surface area contributed by atoms with Gasteiger partial charge in [-0.15, -0.1) is 0 Å². The summed E-state index contributed by atoms with van der Waals surface area (Å²) in [6.07, 6.45) is -0.943. The molecule has 0 heterocycles. The van der Waals surface area contributed by atoms with E-state index in [2.05, 4.69) is 11.4 Å². The number of alkyl halides is 3. The molecule has 0 radical (unpaired) electrons. The summed E-state index contributed by atoms with van der Waals surface area (Å²) >= 11 is 0. The Morgan fingerprint density at radius 3 is 2.18 bits per heavy atom. The van der Waals surface area contributed by atoms with Crippen LogP contribution in [0.25, 0.3) is 0 Å². The monoisotopic (exact) mass is 246 g/mol. The third kappa shape index (κ3) is 3.12. The second-order valence-electron chi connectivity index (χ2n) is 5.33. The zero-order valence-electron chi connectivity index (χ0n) is 9.69. The molecule has 17 heavy (non-hydrogen) atoms. The molecular formula is C12H17F3N2. The van der Waals surface area contributed by atoms with Crippen molar-refractivity contribution in [2.75, 3.05) is 6.54 Å². The first-order valence-corrected chi connectivity index (χ1v) is 6.18. The van der Waals surface area contributed by atoms with Gasteiger partial charge in [-0.3, -0.25) is 5.32 Å². The molecule has 0 aliphatic heterocycles. The number of nitriles is 1. The van der Waals surface area contributed by atoms with Crippen LogP contribution in [0, 0.1) is 23.2 Å². The molecule has 0 amide bonds. The highest BCUT2D eigenvalue weighted by Crippen LogP contribution is 2.41. The SMILES string of the molecule is N#CC1(NCC2CC2)CCC(C(F)(F)F)CC1. The molecule has 0 spiro atoms. The number of nitrogens with zero attached hydrogens (tertiary/aromatic N) is 1. The molecule has 2 aliphatic carbocycles. The van der Waals surface area contributed by atoms with Crippen molar-refractivity contribution in [1.82, 2.24) is 5.32 Å². The number of hydrogen-bond acceptors (Lipinski definition) is 2. The Morgan fingerprint density at radius 2 is 1.76 bits per heavy atom. The van der Waals surface area contributed by atoms with Gasteiger partial charge in [0.2, 0.25) is 0 Å². The maximum absolute atomic E-state index is 12.5. The summed E-state index contributed by atoms with van der Waals surface area (Å²) in [5.74, 6) is -0.577. The minimum absolute atomic E-state index is 0.0781. The van der Waals surface area contributed by atoms with Gasteiger partial charge in [0.1, 0.15) is 5.54 Å². The first-order chi connectivity index (χ1) is 7.95. The van der Waals surface area contributed by atoms with Crippen LogP contribution >= 0.6 is 0 Å². The first kappa shape index (κ1) is 12.7. The van der Waals surface area contributed by atoms with Gasteiger partial charge in [-0.1, -0.05) is 0 Å². The van der Waals surface area contributed by atoms with Gasteiger partial charge in [0.25, 0.3) is 0 Å². The van der Waals surface area contributed by atoms with Gasteiger partial charge in [-0.05, 0) is 51.0 Å². The van der Waals surface area contributed by atoms with Gasteiger partial charge in [-0.2, -0.15) is 18.4 Å². The topological polar surface area (TPSA) is 35.8 Å². The molecule has 2 fully saturated rings. The Kier molecular flexibility index (Phi) is 3.35. The lowest BCUT2D eigenvalue weighted by Crippen LogP contribution is -2.49. The molecule has 1 N–H and O–H groups in total. The molecule has 0 aromatic rings. The van der Waals surface area contributed by atoms with Crippen LogP contribution in [0.5, 0.6) is 0 Å². The highest BCUT2D eigenvalue weighted by atomic mass is 19.4. The van der Waals surface area contributed by atoms with E-state index in [0.717, 1.165) is 6.54 Å². The van der Waals surface area contributed by atoms with Crippen molar-refractivity contribution in [2.24, 2.45) is 11.8 Å². The van der Waals surface area contributed by atoms with Gasteiger partial charge in [0.05, 0.1) is 12.0 Å². The molecule has 0 atom stereocenters. The molecule has 2 rings (SSSR count). The molecule has 2 aliphatic rings. The molecule has 0 bridgehead atoms. The molecule has 0 aromatic carbocycles. The average molecular weight is 246 g/mol. The molecule has 2 saturated carbocycles. The Hall–Kier alpha value is -0.760. The Labute approximate surface area is 99.2 Å². The van der Waals surface area contributed by atoms with Gasteiger partial charge in [-0.25, -0.2) is 0 Å². The molecule has 5 heteroatoms. The van der Waals surface area contributed by atoms with Crippen LogP contribution in [-0.4, -0.2) is 18.3 Å². The van der Waals surface area contributed by atoms with E-state index < -0.39 is 17.6 Å². The van der Waals surface area contributed by atoms with Crippen molar-refractivity contribution >= 4 is 0 Å². The zero-order chi connectivity index (χ0) is 12.5. The Bertz CT molecular complexity index is 307. The lowest BCUT2D eigenvalue weighted by Gasteiger charge is -2.36. The van der Waals surface area contributed by atoms with E-state index >= 15 is 0 Å². The molecule has 2 nitrogen and oxygen atoms in total. The molecule has 0 aromatic heterocycles. The highest BCUT2D eigenvalue weighted by molar-refractivity contribution is 5.10. The van der Waals surface area contributed by atoms with Crippen LogP contribution in [0.3, 0.4) is 0 Å². The average Bonchev–Trinajstić information content (AvgIpc) is 3.09. The van der Waals surface area contributed by atoms with Crippen molar-refractivity contribution in [3.8, 4) is 6.07 Å². The fourth-order valence-corrected chi connectivity index (χ4v) is 2.43. The van der Waals surface area contributed by atoms with Crippen LogP contribution in [-0.2, 0) is 0 Å². The summed E-state index contributed by atoms with van der Waals surface area (Å²) in [4.78, 5) is 0. The first-order valence-electron chi connectivity index (χ1n) is 6.18. The smallest absolute Gasteiger partial charge is 0.299 e. The fraction of sp³-hybridized carbons (Fsp3) is 0.917. The predicted molar refractivity (Wildman–Crippen MR) is 57.1 cm³/mol. The minimum Gasteiger partial charge on any atom is -0.299 e. The number of hydrogen-bond donors (Lipinski definition) is 1. The van der Waals surface area contributed by atoms with Crippen LogP contribution < -0.4 is 5.32 Å². The quantitative estimate of drug-likeness (QED) is 0.831. The summed E-state index contributed by atoms with van der Waals surface area (Å²) in [6, 6.07) is 2.19. The van der Waals surface area contributed by atoms with E-state index in [9.17, 15) is 18.4 Å². The molecule has 96 valence electrons. The van der Waals surface area contributed by atoms with Crippen LogP contribution in [0.2, 0.25) is 0 Å². The predicted octanol–water partition coefficient (Wildman–Crippen LogP) is 3.00. The lowest BCUT2D eigenvalue weighted by atomic mass is 9.77. The molecule has 0 saturated heterocycles. The third-order valence-electron chi connectivity index (χ3n) is 3.94. The number of nitrogens with one attached hydrogen (secondary N) is 1. The maximum atomic E-state index is 12.5. The molecular weight excluding hydrogens is 229 g/mol. The van der Waals surface area contributed by atoms with Gasteiger partial charge < -0.3 is 0 Å². The summed E-state index contributed by atoms with van der Waals surface area (Å²) in [6.45, 7) is 0.782. The summed E-state index contributed by atoms with van der Waals surface area (Å²) in [5.41, 5.74) is -0.704. The van der Waals surface area contributed by atoms with Crippen molar-refractivity contribution in [1.29, 1.82) is 5.26 Å². The maximum Gasteiger partial charge on any atom is 0.391 e. The minimum atomic E-state index is -4.10. The van der Waals surface area contributed by atoms with Crippen molar-refractivity contribution in [2.45, 2.75) is 50.2 Å². The lowest BCUT2D eigenvalue weighted by molar-refractivity contribution is -0.184. The van der Waals surface area contributed by atoms with E-state index in [1.54, 1.807) is 0 Å². The van der Waals surface area contributed by atoms with Gasteiger partial charge in [0.15, 0.2) is 0 Å². The van der Waals surface area contributed by atoms with Gasteiger partial charge >= 0.3 is 6.18 Å². The van der Waals surface area contributed by atoms with Crippen molar-refractivity contribution in [3.05, 3.63) is 0 Å². The normalized spacial score (nSPS) is 34.4. The molecule has 0 unspecified atom stereocenters. The highest BCUT2D eigenvalue weighted by Gasteiger charge is 2.46. The van der Waals surface area contributed by atoms with Crippen molar-refractivity contribution in [3.63, 3.8) is 0 Å². The van der Waals surface area contributed by atoms with E-state index in [1.807, 2.05) is 0 Å². The standard InChI is InChI=1S/C12H17F3N2/c13-12(14,15)10-3-5-11(8-16,6-4-10)17-7-9-1-2-9/h9-10,17H,1-7H2. The van der Waals surface area contributed by atoms with E-state index in [4.69, 9.17) is 0 Å². The Balaban J connectivity index is 1.87. The van der Waals surface area contributed by atoms with E-state index in [-0.39, 0.29) is 12.8 Å². The second kappa shape index (κ2) is 4.49.